The molecular formula is C20H18FN3O4. The third kappa shape index (κ3) is 4.88. The Bertz CT molecular complexity index is 956. The highest BCUT2D eigenvalue weighted by Crippen LogP contribution is 2.19. The molecule has 2 aromatic carbocycles. The van der Waals surface area contributed by atoms with Crippen molar-refractivity contribution in [2.75, 3.05) is 17.7 Å². The first kappa shape index (κ1) is 19.0. The van der Waals surface area contributed by atoms with Crippen molar-refractivity contribution in [2.45, 2.75) is 6.54 Å². The summed E-state index contributed by atoms with van der Waals surface area (Å²) in [5, 5.41) is 7.99. The maximum Gasteiger partial charge on any atom is 0.319 e. The van der Waals surface area contributed by atoms with E-state index in [4.69, 9.17) is 9.15 Å². The summed E-state index contributed by atoms with van der Waals surface area (Å²) in [5.41, 5.74) is 1.21. The van der Waals surface area contributed by atoms with E-state index in [-0.39, 0.29) is 23.9 Å². The molecule has 0 aliphatic heterocycles. The van der Waals surface area contributed by atoms with E-state index >= 15 is 0 Å². The van der Waals surface area contributed by atoms with E-state index in [0.717, 1.165) is 6.07 Å². The molecule has 0 spiro atoms. The average Bonchev–Trinajstić information content (AvgIpc) is 3.21. The lowest BCUT2D eigenvalue weighted by molar-refractivity contribution is 0.102. The van der Waals surface area contributed by atoms with Crippen molar-refractivity contribution in [3.05, 3.63) is 78.0 Å². The van der Waals surface area contributed by atoms with Crippen molar-refractivity contribution in [1.82, 2.24) is 5.32 Å². The van der Waals surface area contributed by atoms with Crippen LogP contribution in [-0.2, 0) is 6.54 Å². The molecule has 3 rings (SSSR count). The molecule has 0 fully saturated rings. The van der Waals surface area contributed by atoms with Gasteiger partial charge >= 0.3 is 6.03 Å². The van der Waals surface area contributed by atoms with Crippen LogP contribution in [0.1, 0.15) is 16.1 Å². The van der Waals surface area contributed by atoms with Crippen LogP contribution in [0.4, 0.5) is 20.6 Å². The Labute approximate surface area is 160 Å². The third-order valence-electron chi connectivity index (χ3n) is 3.82. The summed E-state index contributed by atoms with van der Waals surface area (Å²) in [6, 6.07) is 13.6. The zero-order chi connectivity index (χ0) is 19.9. The number of hydrogen-bond acceptors (Lipinski definition) is 4. The van der Waals surface area contributed by atoms with Gasteiger partial charge in [-0.15, -0.1) is 0 Å². The van der Waals surface area contributed by atoms with E-state index in [2.05, 4.69) is 16.0 Å². The maximum absolute atomic E-state index is 13.7. The normalized spacial score (nSPS) is 10.2. The Kier molecular flexibility index (Phi) is 5.91. The van der Waals surface area contributed by atoms with Crippen LogP contribution in [0, 0.1) is 5.82 Å². The minimum absolute atomic E-state index is 0.0669. The molecule has 1 heterocycles. The summed E-state index contributed by atoms with van der Waals surface area (Å²) in [5.74, 6) is -0.366. The largest absolute Gasteiger partial charge is 0.494 e. The van der Waals surface area contributed by atoms with E-state index in [1.54, 1.807) is 36.4 Å². The monoisotopic (exact) mass is 383 g/mol. The number of furan rings is 1. The van der Waals surface area contributed by atoms with Gasteiger partial charge in [-0.25, -0.2) is 9.18 Å². The molecule has 0 atom stereocenters. The molecule has 7 nitrogen and oxygen atoms in total. The fraction of sp³-hybridized carbons (Fsp3) is 0.100. The molecule has 144 valence electrons. The number of amides is 3. The van der Waals surface area contributed by atoms with Gasteiger partial charge in [-0.1, -0.05) is 0 Å². The van der Waals surface area contributed by atoms with Gasteiger partial charge in [0.25, 0.3) is 5.91 Å². The van der Waals surface area contributed by atoms with Crippen LogP contribution in [0.15, 0.2) is 65.3 Å². The predicted molar refractivity (Wildman–Crippen MR) is 102 cm³/mol. The number of anilines is 2. The number of hydrogen-bond donors (Lipinski definition) is 3. The van der Waals surface area contributed by atoms with Gasteiger partial charge in [0.2, 0.25) is 0 Å². The average molecular weight is 383 g/mol. The van der Waals surface area contributed by atoms with Crippen molar-refractivity contribution in [2.24, 2.45) is 0 Å². The second-order valence-electron chi connectivity index (χ2n) is 5.77. The SMILES string of the molecule is COc1ccc(C(=O)Nc2ccc(NC(=O)NCc3ccco3)cc2)cc1F. The van der Waals surface area contributed by atoms with E-state index in [1.807, 2.05) is 0 Å². The van der Waals surface area contributed by atoms with Crippen LogP contribution < -0.4 is 20.7 Å². The molecule has 3 aromatic rings. The zero-order valence-electron chi connectivity index (χ0n) is 15.0. The number of methoxy groups -OCH3 is 1. The van der Waals surface area contributed by atoms with Gasteiger partial charge < -0.3 is 25.1 Å². The summed E-state index contributed by atoms with van der Waals surface area (Å²) in [4.78, 5) is 24.1. The molecule has 8 heteroatoms. The van der Waals surface area contributed by atoms with Crippen LogP contribution in [0.2, 0.25) is 0 Å². The zero-order valence-corrected chi connectivity index (χ0v) is 15.0. The van der Waals surface area contributed by atoms with Crippen molar-refractivity contribution >= 4 is 23.3 Å². The Morgan fingerprint density at radius 1 is 1.04 bits per heavy atom. The Hall–Kier alpha value is -3.81. The number of carbonyl (C=O) groups excluding carboxylic acids is 2. The first-order valence-electron chi connectivity index (χ1n) is 8.37. The summed E-state index contributed by atoms with van der Waals surface area (Å²) < 4.78 is 23.7. The van der Waals surface area contributed by atoms with E-state index in [1.165, 1.54) is 25.5 Å². The predicted octanol–water partition coefficient (Wildman–Crippen LogP) is 4.00. The molecular weight excluding hydrogens is 365 g/mol. The highest BCUT2D eigenvalue weighted by molar-refractivity contribution is 6.04. The van der Waals surface area contributed by atoms with Crippen LogP contribution in [0.5, 0.6) is 5.75 Å². The Morgan fingerprint density at radius 3 is 2.36 bits per heavy atom. The number of nitrogens with one attached hydrogen (secondary N) is 3. The van der Waals surface area contributed by atoms with Crippen LogP contribution >= 0.6 is 0 Å². The van der Waals surface area contributed by atoms with Crippen molar-refractivity contribution in [3.63, 3.8) is 0 Å². The third-order valence-corrected chi connectivity index (χ3v) is 3.82. The number of rotatable bonds is 6. The van der Waals surface area contributed by atoms with Crippen LogP contribution in [0.3, 0.4) is 0 Å². The lowest BCUT2D eigenvalue weighted by atomic mass is 10.2. The number of benzene rings is 2. The minimum Gasteiger partial charge on any atom is -0.494 e. The van der Waals surface area contributed by atoms with E-state index in [0.29, 0.717) is 17.1 Å². The van der Waals surface area contributed by atoms with E-state index in [9.17, 15) is 14.0 Å². The van der Waals surface area contributed by atoms with Crippen LogP contribution in [0.25, 0.3) is 0 Å². The second-order valence-corrected chi connectivity index (χ2v) is 5.77. The molecule has 0 saturated carbocycles. The quantitative estimate of drug-likeness (QED) is 0.600. The molecule has 0 unspecified atom stereocenters. The van der Waals surface area contributed by atoms with Gasteiger partial charge in [0.05, 0.1) is 19.9 Å². The Balaban J connectivity index is 1.54. The molecule has 0 aliphatic rings. The number of carbonyl (C=O) groups is 2. The lowest BCUT2D eigenvalue weighted by Crippen LogP contribution is -2.27. The van der Waals surface area contributed by atoms with Gasteiger partial charge in [-0.05, 0) is 54.6 Å². The summed E-state index contributed by atoms with van der Waals surface area (Å²) in [7, 11) is 1.35. The Morgan fingerprint density at radius 2 is 1.75 bits per heavy atom. The van der Waals surface area contributed by atoms with Gasteiger partial charge in [0, 0.05) is 16.9 Å². The van der Waals surface area contributed by atoms with E-state index < -0.39 is 11.7 Å². The molecule has 3 amide bonds. The molecule has 0 bridgehead atoms. The maximum atomic E-state index is 13.7. The standard InChI is InChI=1S/C20H18FN3O4/c1-27-18-9-4-13(11-17(18)21)19(25)23-14-5-7-15(8-6-14)24-20(26)22-12-16-3-2-10-28-16/h2-11H,12H2,1H3,(H,23,25)(H2,22,24,26). The van der Waals surface area contributed by atoms with Crippen molar-refractivity contribution in [3.8, 4) is 5.75 Å². The highest BCUT2D eigenvalue weighted by Gasteiger charge is 2.11. The summed E-state index contributed by atoms with van der Waals surface area (Å²) in [6.07, 6.45) is 1.53. The number of ether oxygens (including phenoxy) is 1. The minimum atomic E-state index is -0.616. The van der Waals surface area contributed by atoms with Gasteiger partial charge in [0.15, 0.2) is 11.6 Å². The van der Waals surface area contributed by atoms with Gasteiger partial charge in [-0.2, -0.15) is 0 Å². The summed E-state index contributed by atoms with van der Waals surface area (Å²) in [6.45, 7) is 0.269. The molecule has 0 radical (unpaired) electrons. The number of urea groups is 1. The van der Waals surface area contributed by atoms with Gasteiger partial charge in [0.1, 0.15) is 5.76 Å². The number of halogens is 1. The molecule has 3 N–H and O–H groups in total. The molecule has 28 heavy (non-hydrogen) atoms. The summed E-state index contributed by atoms with van der Waals surface area (Å²) >= 11 is 0. The van der Waals surface area contributed by atoms with Crippen molar-refractivity contribution in [1.29, 1.82) is 0 Å². The first-order valence-corrected chi connectivity index (χ1v) is 8.37. The van der Waals surface area contributed by atoms with Gasteiger partial charge in [-0.3, -0.25) is 4.79 Å². The van der Waals surface area contributed by atoms with Crippen LogP contribution in [-0.4, -0.2) is 19.0 Å². The topological polar surface area (TPSA) is 92.6 Å². The lowest BCUT2D eigenvalue weighted by Gasteiger charge is -2.09. The molecule has 0 saturated heterocycles. The smallest absolute Gasteiger partial charge is 0.319 e. The van der Waals surface area contributed by atoms with Crippen molar-refractivity contribution < 1.29 is 23.1 Å². The molecule has 1 aromatic heterocycles. The highest BCUT2D eigenvalue weighted by atomic mass is 19.1. The fourth-order valence-electron chi connectivity index (χ4n) is 2.40. The first-order chi connectivity index (χ1) is 13.5. The fourth-order valence-corrected chi connectivity index (χ4v) is 2.40. The second kappa shape index (κ2) is 8.72. The molecule has 0 aliphatic carbocycles.